The van der Waals surface area contributed by atoms with Gasteiger partial charge in [0.1, 0.15) is 23.3 Å². The fourth-order valence-corrected chi connectivity index (χ4v) is 8.31. The van der Waals surface area contributed by atoms with Gasteiger partial charge in [-0.05, 0) is 91.5 Å². The smallest absolute Gasteiger partial charge is 0.405 e. The predicted molar refractivity (Wildman–Crippen MR) is 155 cm³/mol. The van der Waals surface area contributed by atoms with Crippen molar-refractivity contribution in [2.75, 3.05) is 0 Å². The van der Waals surface area contributed by atoms with Crippen molar-refractivity contribution in [3.63, 3.8) is 0 Å². The highest BCUT2D eigenvalue weighted by Crippen LogP contribution is 2.72. The number of alkyl halides is 3. The number of para-hydroxylation sites is 1. The van der Waals surface area contributed by atoms with Crippen LogP contribution >= 0.6 is 0 Å². The second-order valence-electron chi connectivity index (χ2n) is 12.9. The lowest BCUT2D eigenvalue weighted by Crippen LogP contribution is -2.67. The van der Waals surface area contributed by atoms with Gasteiger partial charge < -0.3 is 14.0 Å². The van der Waals surface area contributed by atoms with E-state index in [1.54, 1.807) is 30.3 Å². The number of aromatic amines is 1. The Morgan fingerprint density at radius 1 is 1.07 bits per heavy atom. The maximum absolute atomic E-state index is 13.1. The first-order valence-electron chi connectivity index (χ1n) is 15.3. The summed E-state index contributed by atoms with van der Waals surface area (Å²) in [6.07, 6.45) is 0.937. The molecule has 0 bridgehead atoms. The van der Waals surface area contributed by atoms with E-state index < -0.39 is 17.6 Å². The van der Waals surface area contributed by atoms with Gasteiger partial charge >= 0.3 is 12.1 Å². The molecule has 2 heterocycles. The van der Waals surface area contributed by atoms with E-state index in [-0.39, 0.29) is 41.1 Å². The second kappa shape index (κ2) is 10.4. The Morgan fingerprint density at radius 2 is 1.78 bits per heavy atom. The highest BCUT2D eigenvalue weighted by atomic mass is 19.4. The van der Waals surface area contributed by atoms with Gasteiger partial charge in [-0.3, -0.25) is 9.78 Å². The summed E-state index contributed by atoms with van der Waals surface area (Å²) < 4.78 is 56.9. The number of aromatic nitrogens is 4. The summed E-state index contributed by atoms with van der Waals surface area (Å²) in [6.45, 7) is 0.206. The summed E-state index contributed by atoms with van der Waals surface area (Å²) in [7, 11) is 0. The summed E-state index contributed by atoms with van der Waals surface area (Å²) in [4.78, 5) is 26.1. The Hall–Kier alpha value is -4.70. The van der Waals surface area contributed by atoms with Crippen molar-refractivity contribution in [2.45, 2.75) is 68.9 Å². The van der Waals surface area contributed by atoms with E-state index in [0.717, 1.165) is 43.2 Å². The third-order valence-electron chi connectivity index (χ3n) is 10.3. The van der Waals surface area contributed by atoms with Gasteiger partial charge in [0.05, 0.1) is 18.4 Å². The highest BCUT2D eigenvalue weighted by molar-refractivity contribution is 5.70. The first kappa shape index (κ1) is 28.8. The number of hydrogen-bond acceptors (Lipinski definition) is 8. The molecule has 10 nitrogen and oxygen atoms in total. The van der Waals surface area contributed by atoms with E-state index in [9.17, 15) is 22.8 Å². The summed E-state index contributed by atoms with van der Waals surface area (Å²) in [5, 5.41) is 17.2. The lowest BCUT2D eigenvalue weighted by atomic mass is 9.33. The van der Waals surface area contributed by atoms with E-state index in [2.05, 4.69) is 20.0 Å². The number of ether oxygens (including phenoxy) is 2. The second-order valence-corrected chi connectivity index (χ2v) is 12.9. The summed E-state index contributed by atoms with van der Waals surface area (Å²) in [5.74, 6) is 2.10. The van der Waals surface area contributed by atoms with Crippen molar-refractivity contribution in [1.29, 1.82) is 5.26 Å². The van der Waals surface area contributed by atoms with Crippen LogP contribution < -0.4 is 16.0 Å². The molecule has 13 heteroatoms. The van der Waals surface area contributed by atoms with Crippen LogP contribution in [0.25, 0.3) is 16.9 Å². The van der Waals surface area contributed by atoms with Crippen LogP contribution in [-0.2, 0) is 16.8 Å². The largest absolute Gasteiger partial charge is 0.573 e. The Balaban J connectivity index is 0.960. The molecule has 46 heavy (non-hydrogen) atoms. The molecule has 2 aromatic heterocycles. The minimum Gasteiger partial charge on any atom is -0.405 e. The van der Waals surface area contributed by atoms with Crippen LogP contribution in [0.3, 0.4) is 0 Å². The number of benzene rings is 2. The zero-order valence-corrected chi connectivity index (χ0v) is 24.4. The van der Waals surface area contributed by atoms with E-state index in [4.69, 9.17) is 14.5 Å². The van der Waals surface area contributed by atoms with Gasteiger partial charge in [-0.1, -0.05) is 29.4 Å². The summed E-state index contributed by atoms with van der Waals surface area (Å²) in [5.41, 5.74) is 1.09. The van der Waals surface area contributed by atoms with Crippen LogP contribution in [0.15, 0.2) is 62.6 Å². The Kier molecular flexibility index (Phi) is 6.51. The molecule has 4 fully saturated rings. The first-order valence-corrected chi connectivity index (χ1v) is 15.3. The molecule has 0 radical (unpaired) electrons. The van der Waals surface area contributed by atoms with Crippen LogP contribution in [0, 0.1) is 29.1 Å². The number of H-pyrrole nitrogens is 1. The zero-order chi connectivity index (χ0) is 31.8. The van der Waals surface area contributed by atoms with Gasteiger partial charge in [0.25, 0.3) is 5.56 Å². The van der Waals surface area contributed by atoms with Crippen molar-refractivity contribution in [2.24, 2.45) is 17.8 Å². The van der Waals surface area contributed by atoms with Crippen molar-refractivity contribution >= 4 is 0 Å². The monoisotopic (exact) mass is 631 g/mol. The average molecular weight is 632 g/mol. The molecule has 4 saturated carbocycles. The molecule has 1 N–H and O–H groups in total. The molecule has 2 aromatic carbocycles. The topological polar surface area (TPSA) is 136 Å². The van der Waals surface area contributed by atoms with Gasteiger partial charge in [-0.15, -0.1) is 18.3 Å². The lowest BCUT2D eigenvalue weighted by molar-refractivity contribution is -0.274. The number of hydrogen-bond donors (Lipinski definition) is 1. The minimum absolute atomic E-state index is 0.0240. The zero-order valence-electron chi connectivity index (χ0n) is 24.4. The minimum atomic E-state index is -4.83. The molecule has 0 amide bonds. The third-order valence-corrected chi connectivity index (χ3v) is 10.3. The van der Waals surface area contributed by atoms with Crippen LogP contribution in [0.1, 0.15) is 67.0 Å². The SMILES string of the molecule is N#Cc1nn(-c2ccc(C34C[C@H]5C[C@@H](OCc6c(-c7ccccc7OC(F)(F)F)noc6C6CC6)C[C@@H](C3)C54)cc2)c(=O)[nH]c1=O. The maximum Gasteiger partial charge on any atom is 0.573 e. The average Bonchev–Trinajstić information content (AvgIpc) is 3.76. The van der Waals surface area contributed by atoms with E-state index in [1.165, 1.54) is 17.7 Å². The fraction of sp³-hybridized carbons (Fsp3) is 0.424. The Bertz CT molecular complexity index is 1970. The molecule has 2 unspecified atom stereocenters. The molecule has 236 valence electrons. The van der Waals surface area contributed by atoms with Gasteiger partial charge in [0, 0.05) is 17.0 Å². The molecule has 0 saturated heterocycles. The summed E-state index contributed by atoms with van der Waals surface area (Å²) in [6, 6.07) is 15.3. The molecule has 4 aliphatic carbocycles. The van der Waals surface area contributed by atoms with Crippen LogP contribution in [0.4, 0.5) is 13.2 Å². The molecule has 0 aliphatic heterocycles. The predicted octanol–water partition coefficient (Wildman–Crippen LogP) is 5.50. The molecule has 0 spiro atoms. The van der Waals surface area contributed by atoms with Crippen LogP contribution in [0.5, 0.6) is 5.75 Å². The number of nitrogens with zero attached hydrogens (tertiary/aromatic N) is 4. The van der Waals surface area contributed by atoms with Gasteiger partial charge in [0.2, 0.25) is 5.69 Å². The van der Waals surface area contributed by atoms with E-state index in [0.29, 0.717) is 40.5 Å². The van der Waals surface area contributed by atoms with Gasteiger partial charge in [0.15, 0.2) is 0 Å². The van der Waals surface area contributed by atoms with Crippen molar-refractivity contribution in [3.05, 3.63) is 92.0 Å². The molecule has 4 aromatic rings. The Labute approximate surface area is 259 Å². The number of nitriles is 1. The normalized spacial score (nSPS) is 26.4. The van der Waals surface area contributed by atoms with E-state index in [1.807, 2.05) is 12.1 Å². The first-order chi connectivity index (χ1) is 22.1. The van der Waals surface area contributed by atoms with Gasteiger partial charge in [-0.25, -0.2) is 4.79 Å². The highest BCUT2D eigenvalue weighted by Gasteiger charge is 2.67. The molecular weight excluding hydrogens is 603 g/mol. The van der Waals surface area contributed by atoms with Crippen LogP contribution in [-0.4, -0.2) is 32.4 Å². The summed E-state index contributed by atoms with van der Waals surface area (Å²) >= 11 is 0. The number of halogens is 3. The van der Waals surface area contributed by atoms with Crippen LogP contribution in [0.2, 0.25) is 0 Å². The quantitative estimate of drug-likeness (QED) is 0.270. The molecule has 5 atom stereocenters. The lowest BCUT2D eigenvalue weighted by Gasteiger charge is -2.71. The van der Waals surface area contributed by atoms with Crippen molar-refractivity contribution in [1.82, 2.24) is 19.9 Å². The van der Waals surface area contributed by atoms with Crippen molar-refractivity contribution in [3.8, 4) is 28.8 Å². The number of nitrogens with one attached hydrogen (secondary N) is 1. The fourth-order valence-electron chi connectivity index (χ4n) is 8.31. The van der Waals surface area contributed by atoms with Gasteiger partial charge in [-0.2, -0.15) is 9.94 Å². The molecule has 8 rings (SSSR count). The molecule has 4 aliphatic rings. The standard InChI is InChI=1S/C33H28F3N5O5/c34-33(35,36)45-26-4-2-1-3-23(26)28-24(29(46-40-28)17-5-6-17)16-44-22-11-18-13-32(14-19(12-22)27(18)32)20-7-9-21(10-8-20)41-31(43)38-30(42)25(15-37)39-41/h1-4,7-10,17-19,22,27H,5-6,11-14,16H2,(H,38,42,43)/t18-,19+,22-,27?,32?. The Morgan fingerprint density at radius 3 is 2.46 bits per heavy atom. The molecular formula is C33H28F3N5O5. The van der Waals surface area contributed by atoms with Crippen molar-refractivity contribution < 1.29 is 27.2 Å². The van der Waals surface area contributed by atoms with E-state index >= 15 is 0 Å². The number of rotatable bonds is 8. The third kappa shape index (κ3) is 4.74. The maximum atomic E-state index is 13.1.